The number of methoxy groups -OCH3 is 3. The van der Waals surface area contributed by atoms with Gasteiger partial charge in [0.05, 0.1) is 21.3 Å². The fourth-order valence-electron chi connectivity index (χ4n) is 3.79. The van der Waals surface area contributed by atoms with Gasteiger partial charge in [-0.2, -0.15) is 0 Å². The van der Waals surface area contributed by atoms with E-state index < -0.39 is 11.9 Å². The number of para-hydroxylation sites is 1. The average molecular weight is 477 g/mol. The van der Waals surface area contributed by atoms with E-state index in [1.165, 1.54) is 21.3 Å². The zero-order valence-electron chi connectivity index (χ0n) is 20.8. The zero-order valence-corrected chi connectivity index (χ0v) is 20.8. The first-order valence-corrected chi connectivity index (χ1v) is 11.4. The lowest BCUT2D eigenvalue weighted by Gasteiger charge is -2.23. The fraction of sp³-hybridized carbons (Fsp3) is 0.286. The van der Waals surface area contributed by atoms with Crippen molar-refractivity contribution in [2.75, 3.05) is 26.6 Å². The van der Waals surface area contributed by atoms with E-state index in [0.29, 0.717) is 34.9 Å². The summed E-state index contributed by atoms with van der Waals surface area (Å²) in [6.07, 6.45) is 0.682. The Labute approximate surface area is 206 Å². The molecular formula is C28H32N2O5. The molecule has 3 aromatic carbocycles. The second kappa shape index (κ2) is 11.9. The van der Waals surface area contributed by atoms with Gasteiger partial charge in [-0.15, -0.1) is 0 Å². The fourth-order valence-corrected chi connectivity index (χ4v) is 3.79. The highest BCUT2D eigenvalue weighted by Gasteiger charge is 2.26. The molecule has 0 aliphatic carbocycles. The van der Waals surface area contributed by atoms with Crippen molar-refractivity contribution < 1.29 is 23.8 Å². The molecule has 2 amide bonds. The average Bonchev–Trinajstić information content (AvgIpc) is 2.87. The number of carbonyl (C=O) groups excluding carboxylic acids is 2. The van der Waals surface area contributed by atoms with Crippen LogP contribution < -0.4 is 24.8 Å². The molecule has 2 N–H and O–H groups in total. The van der Waals surface area contributed by atoms with Crippen molar-refractivity contribution in [1.82, 2.24) is 5.32 Å². The van der Waals surface area contributed by atoms with Crippen molar-refractivity contribution in [2.45, 2.75) is 26.3 Å². The van der Waals surface area contributed by atoms with Gasteiger partial charge in [0.15, 0.2) is 11.5 Å². The highest BCUT2D eigenvalue weighted by atomic mass is 16.5. The second-order valence-electron chi connectivity index (χ2n) is 8.42. The quantitative estimate of drug-likeness (QED) is 0.443. The summed E-state index contributed by atoms with van der Waals surface area (Å²) in [4.78, 5) is 26.4. The number of hydrogen-bond donors (Lipinski definition) is 2. The predicted octanol–water partition coefficient (Wildman–Crippen LogP) is 4.70. The molecule has 0 saturated carbocycles. The number of ether oxygens (including phenoxy) is 3. The number of anilines is 1. The minimum atomic E-state index is -0.758. The van der Waals surface area contributed by atoms with E-state index in [2.05, 4.69) is 10.6 Å². The van der Waals surface area contributed by atoms with Crippen LogP contribution in [0.2, 0.25) is 0 Å². The van der Waals surface area contributed by atoms with E-state index in [1.54, 1.807) is 12.1 Å². The third kappa shape index (κ3) is 6.32. The first-order chi connectivity index (χ1) is 16.9. The van der Waals surface area contributed by atoms with Crippen molar-refractivity contribution in [3.63, 3.8) is 0 Å². The van der Waals surface area contributed by atoms with E-state index >= 15 is 0 Å². The molecule has 7 heteroatoms. The molecule has 0 aliphatic heterocycles. The van der Waals surface area contributed by atoms with E-state index in [-0.39, 0.29) is 11.8 Å². The van der Waals surface area contributed by atoms with Gasteiger partial charge in [-0.1, -0.05) is 62.4 Å². The van der Waals surface area contributed by atoms with Crippen molar-refractivity contribution in [3.05, 3.63) is 83.4 Å². The molecule has 0 aliphatic rings. The lowest BCUT2D eigenvalue weighted by Crippen LogP contribution is -2.47. The smallest absolute Gasteiger partial charge is 0.252 e. The number of benzene rings is 3. The summed E-state index contributed by atoms with van der Waals surface area (Å²) in [6, 6.07) is 20.1. The molecule has 0 saturated heterocycles. The van der Waals surface area contributed by atoms with E-state index in [4.69, 9.17) is 14.2 Å². The van der Waals surface area contributed by atoms with Gasteiger partial charge in [-0.25, -0.2) is 0 Å². The third-order valence-corrected chi connectivity index (χ3v) is 5.68. The number of nitrogens with one attached hydrogen (secondary N) is 2. The van der Waals surface area contributed by atoms with Crippen molar-refractivity contribution >= 4 is 17.5 Å². The summed E-state index contributed by atoms with van der Waals surface area (Å²) in [5, 5.41) is 5.87. The van der Waals surface area contributed by atoms with Gasteiger partial charge in [-0.05, 0) is 41.7 Å². The zero-order chi connectivity index (χ0) is 25.4. The molecule has 184 valence electrons. The van der Waals surface area contributed by atoms with Crippen molar-refractivity contribution in [1.29, 1.82) is 0 Å². The highest BCUT2D eigenvalue weighted by molar-refractivity contribution is 6.02. The summed E-state index contributed by atoms with van der Waals surface area (Å²) >= 11 is 0. The van der Waals surface area contributed by atoms with Gasteiger partial charge >= 0.3 is 0 Å². The number of carbonyl (C=O) groups is 2. The van der Waals surface area contributed by atoms with Gasteiger partial charge in [0.1, 0.15) is 6.04 Å². The Kier molecular flexibility index (Phi) is 8.73. The standard InChI is InChI=1S/C28H32N2O5/c1-18(2)25(30-27(31)21-16-23(33-3)26(35-5)24(17-21)34-4)28(32)29-22-14-10-9-13-20(22)15-19-11-7-6-8-12-19/h6-14,16-18,25H,15H2,1-5H3,(H,29,32)(H,30,31). The molecule has 0 radical (unpaired) electrons. The van der Waals surface area contributed by atoms with Crippen LogP contribution in [-0.2, 0) is 11.2 Å². The molecule has 1 unspecified atom stereocenters. The van der Waals surface area contributed by atoms with Crippen LogP contribution in [0.4, 0.5) is 5.69 Å². The summed E-state index contributed by atoms with van der Waals surface area (Å²) < 4.78 is 16.0. The molecule has 1 atom stereocenters. The third-order valence-electron chi connectivity index (χ3n) is 5.68. The van der Waals surface area contributed by atoms with Gasteiger partial charge in [0.2, 0.25) is 11.7 Å². The van der Waals surface area contributed by atoms with E-state index in [9.17, 15) is 9.59 Å². The minimum Gasteiger partial charge on any atom is -0.493 e. The second-order valence-corrected chi connectivity index (χ2v) is 8.42. The first-order valence-electron chi connectivity index (χ1n) is 11.4. The molecule has 0 spiro atoms. The maximum absolute atomic E-state index is 13.3. The summed E-state index contributed by atoms with van der Waals surface area (Å²) in [7, 11) is 4.46. The monoisotopic (exact) mass is 476 g/mol. The van der Waals surface area contributed by atoms with Crippen molar-refractivity contribution in [3.8, 4) is 17.2 Å². The van der Waals surface area contributed by atoms with Gasteiger partial charge in [-0.3, -0.25) is 9.59 Å². The van der Waals surface area contributed by atoms with Crippen LogP contribution in [-0.4, -0.2) is 39.2 Å². The largest absolute Gasteiger partial charge is 0.493 e. The number of amides is 2. The molecule has 3 rings (SSSR count). The molecule has 0 fully saturated rings. The van der Waals surface area contributed by atoms with Crippen LogP contribution in [0.1, 0.15) is 35.3 Å². The topological polar surface area (TPSA) is 85.9 Å². The normalized spacial score (nSPS) is 11.5. The minimum absolute atomic E-state index is 0.151. The maximum Gasteiger partial charge on any atom is 0.252 e. The van der Waals surface area contributed by atoms with Crippen LogP contribution in [0.25, 0.3) is 0 Å². The molecule has 0 aromatic heterocycles. The molecule has 7 nitrogen and oxygen atoms in total. The van der Waals surface area contributed by atoms with E-state index in [0.717, 1.165) is 11.1 Å². The molecular weight excluding hydrogens is 444 g/mol. The summed E-state index contributed by atoms with van der Waals surface area (Å²) in [6.45, 7) is 3.77. The summed E-state index contributed by atoms with van der Waals surface area (Å²) in [5.74, 6) is 0.244. The highest BCUT2D eigenvalue weighted by Crippen LogP contribution is 2.38. The molecule has 0 heterocycles. The van der Waals surface area contributed by atoms with Crippen LogP contribution in [0.15, 0.2) is 66.7 Å². The van der Waals surface area contributed by atoms with Crippen LogP contribution >= 0.6 is 0 Å². The van der Waals surface area contributed by atoms with Crippen molar-refractivity contribution in [2.24, 2.45) is 5.92 Å². The van der Waals surface area contributed by atoms with Crippen LogP contribution in [0.3, 0.4) is 0 Å². The Morgan fingerprint density at radius 3 is 2.00 bits per heavy atom. The molecule has 35 heavy (non-hydrogen) atoms. The van der Waals surface area contributed by atoms with E-state index in [1.807, 2.05) is 68.4 Å². The lowest BCUT2D eigenvalue weighted by atomic mass is 10.0. The predicted molar refractivity (Wildman–Crippen MR) is 137 cm³/mol. The molecule has 3 aromatic rings. The Hall–Kier alpha value is -4.00. The van der Waals surface area contributed by atoms with Gasteiger partial charge < -0.3 is 24.8 Å². The van der Waals surface area contributed by atoms with Crippen LogP contribution in [0, 0.1) is 5.92 Å². The molecule has 0 bridgehead atoms. The Morgan fingerprint density at radius 1 is 0.829 bits per heavy atom. The SMILES string of the molecule is COc1cc(C(=O)NC(C(=O)Nc2ccccc2Cc2ccccc2)C(C)C)cc(OC)c1OC. The van der Waals surface area contributed by atoms with Gasteiger partial charge in [0.25, 0.3) is 5.91 Å². The lowest BCUT2D eigenvalue weighted by molar-refractivity contribution is -0.118. The summed E-state index contributed by atoms with van der Waals surface area (Å²) in [5.41, 5.74) is 3.15. The number of rotatable bonds is 10. The Balaban J connectivity index is 1.80. The van der Waals surface area contributed by atoms with Crippen LogP contribution in [0.5, 0.6) is 17.2 Å². The Bertz CT molecular complexity index is 1140. The van der Waals surface area contributed by atoms with Gasteiger partial charge in [0, 0.05) is 11.3 Å². The maximum atomic E-state index is 13.3. The first kappa shape index (κ1) is 25.6. The Morgan fingerprint density at radius 2 is 1.43 bits per heavy atom. The number of hydrogen-bond acceptors (Lipinski definition) is 5.